The Balaban J connectivity index is 1.76. The van der Waals surface area contributed by atoms with E-state index in [4.69, 9.17) is 16.6 Å². The molecule has 2 aromatic rings. The number of benzene rings is 1. The minimum absolute atomic E-state index is 0.0274. The maximum Gasteiger partial charge on any atom is 0.246 e. The van der Waals surface area contributed by atoms with Gasteiger partial charge in [0.05, 0.1) is 10.9 Å². The number of rotatable bonds is 6. The SMILES string of the molecule is CCN(CC)c1ccc(N2C(=O)C(Cc3ccc(C)o3)SC2=S)cc1. The van der Waals surface area contributed by atoms with Gasteiger partial charge in [-0.3, -0.25) is 9.69 Å². The largest absolute Gasteiger partial charge is 0.466 e. The molecule has 0 bridgehead atoms. The van der Waals surface area contributed by atoms with Crippen molar-refractivity contribution in [2.75, 3.05) is 22.9 Å². The van der Waals surface area contributed by atoms with Crippen molar-refractivity contribution in [3.05, 3.63) is 47.9 Å². The Kier molecular flexibility index (Phi) is 5.49. The van der Waals surface area contributed by atoms with E-state index in [0.29, 0.717) is 10.7 Å². The minimum atomic E-state index is -0.222. The number of carbonyl (C=O) groups is 1. The van der Waals surface area contributed by atoms with Crippen molar-refractivity contribution >= 4 is 45.6 Å². The zero-order chi connectivity index (χ0) is 18.0. The number of carbonyl (C=O) groups excluding carboxylic acids is 1. The Bertz CT molecular complexity index is 766. The lowest BCUT2D eigenvalue weighted by atomic mass is 10.2. The molecule has 2 heterocycles. The number of nitrogens with zero attached hydrogens (tertiary/aromatic N) is 2. The highest BCUT2D eigenvalue weighted by atomic mass is 32.2. The molecule has 0 aliphatic carbocycles. The van der Waals surface area contributed by atoms with Crippen molar-refractivity contribution in [2.24, 2.45) is 0 Å². The summed E-state index contributed by atoms with van der Waals surface area (Å²) in [4.78, 5) is 16.7. The lowest BCUT2D eigenvalue weighted by Crippen LogP contribution is -2.32. The molecular formula is C19H22N2O2S2. The first-order valence-corrected chi connectivity index (χ1v) is 9.77. The first-order chi connectivity index (χ1) is 12.0. The van der Waals surface area contributed by atoms with E-state index < -0.39 is 0 Å². The number of furan rings is 1. The summed E-state index contributed by atoms with van der Waals surface area (Å²) in [6.07, 6.45) is 0.561. The van der Waals surface area contributed by atoms with Gasteiger partial charge in [-0.15, -0.1) is 0 Å². The number of anilines is 2. The van der Waals surface area contributed by atoms with Crippen molar-refractivity contribution in [3.63, 3.8) is 0 Å². The molecule has 0 spiro atoms. The van der Waals surface area contributed by atoms with Gasteiger partial charge in [-0.05, 0) is 57.2 Å². The lowest BCUT2D eigenvalue weighted by molar-refractivity contribution is -0.116. The number of amides is 1. The molecule has 0 saturated carbocycles. The maximum absolute atomic E-state index is 12.8. The number of hydrogen-bond acceptors (Lipinski definition) is 5. The molecule has 132 valence electrons. The molecular weight excluding hydrogens is 352 g/mol. The van der Waals surface area contributed by atoms with E-state index in [-0.39, 0.29) is 11.2 Å². The van der Waals surface area contributed by atoms with Gasteiger partial charge in [0, 0.05) is 25.2 Å². The predicted octanol–water partition coefficient (Wildman–Crippen LogP) is 4.41. The van der Waals surface area contributed by atoms with Crippen LogP contribution in [0.15, 0.2) is 40.8 Å². The highest BCUT2D eigenvalue weighted by Crippen LogP contribution is 2.34. The van der Waals surface area contributed by atoms with Gasteiger partial charge in [0.25, 0.3) is 0 Å². The summed E-state index contributed by atoms with van der Waals surface area (Å²) >= 11 is 6.89. The third-order valence-corrected chi connectivity index (χ3v) is 5.85. The van der Waals surface area contributed by atoms with E-state index in [1.807, 2.05) is 43.3 Å². The standard InChI is InChI=1S/C19H22N2O2S2/c1-4-20(5-2)14-7-9-15(10-8-14)21-18(22)17(25-19(21)24)12-16-11-6-13(3)23-16/h6-11,17H,4-5,12H2,1-3H3. The van der Waals surface area contributed by atoms with E-state index >= 15 is 0 Å². The van der Waals surface area contributed by atoms with Crippen LogP contribution < -0.4 is 9.80 Å². The Labute approximate surface area is 158 Å². The molecule has 1 atom stereocenters. The van der Waals surface area contributed by atoms with Crippen LogP contribution in [0, 0.1) is 6.92 Å². The highest BCUT2D eigenvalue weighted by Gasteiger charge is 2.38. The monoisotopic (exact) mass is 374 g/mol. The molecule has 1 fully saturated rings. The van der Waals surface area contributed by atoms with Crippen LogP contribution in [0.4, 0.5) is 11.4 Å². The molecule has 6 heteroatoms. The van der Waals surface area contributed by atoms with E-state index in [1.165, 1.54) is 11.8 Å². The van der Waals surface area contributed by atoms with Gasteiger partial charge >= 0.3 is 0 Å². The molecule has 0 radical (unpaired) electrons. The fraction of sp³-hybridized carbons (Fsp3) is 0.368. The smallest absolute Gasteiger partial charge is 0.246 e. The minimum Gasteiger partial charge on any atom is -0.466 e. The number of hydrogen-bond donors (Lipinski definition) is 0. The molecule has 1 aliphatic heterocycles. The van der Waals surface area contributed by atoms with E-state index in [1.54, 1.807) is 4.90 Å². The fourth-order valence-corrected chi connectivity index (χ4v) is 4.54. The van der Waals surface area contributed by atoms with Gasteiger partial charge in [-0.2, -0.15) is 0 Å². The van der Waals surface area contributed by atoms with Crippen LogP contribution in [0.3, 0.4) is 0 Å². The van der Waals surface area contributed by atoms with Gasteiger partial charge in [-0.1, -0.05) is 24.0 Å². The van der Waals surface area contributed by atoms with Crippen molar-refractivity contribution in [1.29, 1.82) is 0 Å². The third-order valence-electron chi connectivity index (χ3n) is 4.34. The van der Waals surface area contributed by atoms with E-state index in [2.05, 4.69) is 18.7 Å². The third kappa shape index (κ3) is 3.75. The predicted molar refractivity (Wildman–Crippen MR) is 109 cm³/mol. The molecule has 3 rings (SSSR count). The van der Waals surface area contributed by atoms with Crippen LogP contribution in [0.25, 0.3) is 0 Å². The summed E-state index contributed by atoms with van der Waals surface area (Å²) < 4.78 is 6.21. The van der Waals surface area contributed by atoms with Crippen LogP contribution in [0.5, 0.6) is 0 Å². The number of thioether (sulfide) groups is 1. The maximum atomic E-state index is 12.8. The normalized spacial score (nSPS) is 17.4. The van der Waals surface area contributed by atoms with Crippen LogP contribution >= 0.6 is 24.0 Å². The molecule has 1 unspecified atom stereocenters. The van der Waals surface area contributed by atoms with Crippen LogP contribution in [-0.2, 0) is 11.2 Å². The highest BCUT2D eigenvalue weighted by molar-refractivity contribution is 8.25. The first kappa shape index (κ1) is 18.0. The topological polar surface area (TPSA) is 36.7 Å². The molecule has 25 heavy (non-hydrogen) atoms. The average molecular weight is 375 g/mol. The summed E-state index contributed by atoms with van der Waals surface area (Å²) in [6, 6.07) is 11.9. The zero-order valence-corrected chi connectivity index (χ0v) is 16.3. The Hall–Kier alpha value is -1.79. The quantitative estimate of drug-likeness (QED) is 0.700. The van der Waals surface area contributed by atoms with Crippen LogP contribution in [0.1, 0.15) is 25.4 Å². The first-order valence-electron chi connectivity index (χ1n) is 8.48. The van der Waals surface area contributed by atoms with Crippen molar-refractivity contribution in [2.45, 2.75) is 32.4 Å². The zero-order valence-electron chi connectivity index (χ0n) is 14.7. The summed E-state index contributed by atoms with van der Waals surface area (Å²) in [5.74, 6) is 1.71. The van der Waals surface area contributed by atoms with Crippen molar-refractivity contribution in [3.8, 4) is 0 Å². The van der Waals surface area contributed by atoms with Gasteiger partial charge < -0.3 is 9.32 Å². The molecule has 1 aromatic heterocycles. The molecule has 1 aliphatic rings. The summed E-state index contributed by atoms with van der Waals surface area (Å²) in [7, 11) is 0. The summed E-state index contributed by atoms with van der Waals surface area (Å²) in [5, 5.41) is -0.222. The van der Waals surface area contributed by atoms with E-state index in [0.717, 1.165) is 36.0 Å². The van der Waals surface area contributed by atoms with Crippen LogP contribution in [-0.4, -0.2) is 28.6 Å². The van der Waals surface area contributed by atoms with Crippen LogP contribution in [0.2, 0.25) is 0 Å². The van der Waals surface area contributed by atoms with Gasteiger partial charge in [0.2, 0.25) is 5.91 Å². The molecule has 1 saturated heterocycles. The van der Waals surface area contributed by atoms with Crippen molar-refractivity contribution in [1.82, 2.24) is 0 Å². The van der Waals surface area contributed by atoms with Gasteiger partial charge in [0.15, 0.2) is 0 Å². The fourth-order valence-electron chi connectivity index (χ4n) is 3.00. The second-order valence-corrected chi connectivity index (χ2v) is 7.79. The Morgan fingerprint density at radius 1 is 1.16 bits per heavy atom. The molecule has 4 nitrogen and oxygen atoms in total. The average Bonchev–Trinajstić information content (AvgIpc) is 3.13. The number of aryl methyl sites for hydroxylation is 1. The Morgan fingerprint density at radius 2 is 1.84 bits per heavy atom. The molecule has 0 N–H and O–H groups in total. The Morgan fingerprint density at radius 3 is 2.40 bits per heavy atom. The summed E-state index contributed by atoms with van der Waals surface area (Å²) in [5.41, 5.74) is 1.98. The van der Waals surface area contributed by atoms with Gasteiger partial charge in [0.1, 0.15) is 15.8 Å². The number of thiocarbonyl (C=S) groups is 1. The second-order valence-electron chi connectivity index (χ2n) is 5.95. The van der Waals surface area contributed by atoms with Crippen molar-refractivity contribution < 1.29 is 9.21 Å². The summed E-state index contributed by atoms with van der Waals surface area (Å²) in [6.45, 7) is 8.08. The van der Waals surface area contributed by atoms with Gasteiger partial charge in [-0.25, -0.2) is 0 Å². The molecule has 1 amide bonds. The lowest BCUT2D eigenvalue weighted by Gasteiger charge is -2.22. The van der Waals surface area contributed by atoms with E-state index in [9.17, 15) is 4.79 Å². The molecule has 1 aromatic carbocycles. The second kappa shape index (κ2) is 7.62.